The van der Waals surface area contributed by atoms with Crippen LogP contribution in [0.2, 0.25) is 0 Å². The predicted molar refractivity (Wildman–Crippen MR) is 67.6 cm³/mol. The van der Waals surface area contributed by atoms with Crippen molar-refractivity contribution in [2.45, 2.75) is 32.7 Å². The summed E-state index contributed by atoms with van der Waals surface area (Å²) in [5, 5.41) is 12.4. The summed E-state index contributed by atoms with van der Waals surface area (Å²) in [4.78, 5) is 11.8. The zero-order valence-corrected chi connectivity index (χ0v) is 11.3. The Morgan fingerprint density at radius 2 is 2.12 bits per heavy atom. The molecule has 0 heterocycles. The Morgan fingerprint density at radius 3 is 2.62 bits per heavy atom. The number of halogens is 1. The smallest absolute Gasteiger partial charge is 0.251 e. The van der Waals surface area contributed by atoms with Gasteiger partial charge in [-0.2, -0.15) is 0 Å². The molecule has 1 aromatic carbocycles. The van der Waals surface area contributed by atoms with Crippen molar-refractivity contribution < 1.29 is 9.90 Å². The summed E-state index contributed by atoms with van der Waals surface area (Å²) in [6.45, 7) is 5.94. The van der Waals surface area contributed by atoms with Gasteiger partial charge in [-0.25, -0.2) is 0 Å². The first-order chi connectivity index (χ1) is 7.35. The molecule has 16 heavy (non-hydrogen) atoms. The Morgan fingerprint density at radius 1 is 1.50 bits per heavy atom. The number of rotatable bonds is 3. The van der Waals surface area contributed by atoms with Crippen LogP contribution in [-0.2, 0) is 0 Å². The van der Waals surface area contributed by atoms with Crippen molar-refractivity contribution in [2.24, 2.45) is 0 Å². The largest absolute Gasteiger partial charge is 0.507 e. The van der Waals surface area contributed by atoms with Crippen molar-refractivity contribution in [1.82, 2.24) is 5.32 Å². The van der Waals surface area contributed by atoms with Crippen molar-refractivity contribution in [3.63, 3.8) is 0 Å². The number of hydrogen-bond donors (Lipinski definition) is 2. The summed E-state index contributed by atoms with van der Waals surface area (Å²) in [6.07, 6.45) is 0.848. The van der Waals surface area contributed by atoms with Crippen LogP contribution in [0.5, 0.6) is 5.75 Å². The molecule has 0 radical (unpaired) electrons. The highest BCUT2D eigenvalue weighted by Crippen LogP contribution is 2.24. The Labute approximate surface area is 104 Å². The fourth-order valence-corrected chi connectivity index (χ4v) is 1.37. The van der Waals surface area contributed by atoms with Crippen molar-refractivity contribution in [3.05, 3.63) is 28.2 Å². The second-order valence-electron chi connectivity index (χ2n) is 4.36. The summed E-state index contributed by atoms with van der Waals surface area (Å²) >= 11 is 3.17. The minimum atomic E-state index is -0.236. The summed E-state index contributed by atoms with van der Waals surface area (Å²) in [5.41, 5.74) is 0.224. The molecule has 0 saturated heterocycles. The van der Waals surface area contributed by atoms with Gasteiger partial charge in [0.05, 0.1) is 4.47 Å². The number of nitrogens with one attached hydrogen (secondary N) is 1. The van der Waals surface area contributed by atoms with E-state index in [0.717, 1.165) is 6.42 Å². The van der Waals surface area contributed by atoms with E-state index in [2.05, 4.69) is 21.2 Å². The summed E-state index contributed by atoms with van der Waals surface area (Å²) in [6, 6.07) is 4.78. The molecule has 3 nitrogen and oxygen atoms in total. The number of carbonyl (C=O) groups excluding carboxylic acids is 1. The van der Waals surface area contributed by atoms with Gasteiger partial charge in [0.2, 0.25) is 0 Å². The maximum atomic E-state index is 11.8. The number of hydrogen-bond acceptors (Lipinski definition) is 2. The van der Waals surface area contributed by atoms with Crippen LogP contribution >= 0.6 is 15.9 Å². The molecule has 0 spiro atoms. The van der Waals surface area contributed by atoms with Crippen LogP contribution in [0, 0.1) is 0 Å². The van der Waals surface area contributed by atoms with Crippen molar-refractivity contribution in [3.8, 4) is 5.75 Å². The highest BCUT2D eigenvalue weighted by atomic mass is 79.9. The third-order valence-electron chi connectivity index (χ3n) is 2.54. The van der Waals surface area contributed by atoms with E-state index >= 15 is 0 Å². The van der Waals surface area contributed by atoms with E-state index in [9.17, 15) is 9.90 Å². The highest BCUT2D eigenvalue weighted by molar-refractivity contribution is 9.10. The van der Waals surface area contributed by atoms with E-state index in [1.54, 1.807) is 12.1 Å². The quantitative estimate of drug-likeness (QED) is 0.897. The van der Waals surface area contributed by atoms with Crippen LogP contribution in [0.15, 0.2) is 22.7 Å². The van der Waals surface area contributed by atoms with E-state index in [-0.39, 0.29) is 17.2 Å². The normalized spacial score (nSPS) is 11.2. The Hall–Kier alpha value is -1.03. The minimum absolute atomic E-state index is 0.0713. The molecule has 1 amide bonds. The molecule has 0 fully saturated rings. The first-order valence-electron chi connectivity index (χ1n) is 5.17. The lowest BCUT2D eigenvalue weighted by atomic mass is 10.0. The first-order valence-corrected chi connectivity index (χ1v) is 5.96. The van der Waals surface area contributed by atoms with E-state index in [4.69, 9.17) is 0 Å². The number of amides is 1. The average Bonchev–Trinajstić information content (AvgIpc) is 2.21. The molecular formula is C12H16BrNO2. The molecule has 0 aliphatic heterocycles. The Balaban J connectivity index is 2.85. The fraction of sp³-hybridized carbons (Fsp3) is 0.417. The molecule has 0 aromatic heterocycles. The molecule has 0 aliphatic rings. The molecule has 2 N–H and O–H groups in total. The van der Waals surface area contributed by atoms with Crippen molar-refractivity contribution >= 4 is 21.8 Å². The second-order valence-corrected chi connectivity index (χ2v) is 5.21. The molecule has 0 unspecified atom stereocenters. The maximum Gasteiger partial charge on any atom is 0.251 e. The van der Waals surface area contributed by atoms with E-state index < -0.39 is 0 Å². The van der Waals surface area contributed by atoms with Gasteiger partial charge in [0, 0.05) is 11.1 Å². The van der Waals surface area contributed by atoms with Gasteiger partial charge in [0.25, 0.3) is 5.91 Å². The van der Waals surface area contributed by atoms with Crippen LogP contribution in [0.25, 0.3) is 0 Å². The number of benzene rings is 1. The van der Waals surface area contributed by atoms with Gasteiger partial charge in [-0.1, -0.05) is 6.92 Å². The lowest BCUT2D eigenvalue weighted by Gasteiger charge is -2.24. The standard InChI is InChI=1S/C12H16BrNO2/c1-4-12(2,3)14-11(16)8-5-6-9(13)10(15)7-8/h5-7,15H,4H2,1-3H3,(H,14,16). The molecule has 0 bridgehead atoms. The van der Waals surface area contributed by atoms with Gasteiger partial charge in [-0.05, 0) is 54.4 Å². The topological polar surface area (TPSA) is 49.3 Å². The van der Waals surface area contributed by atoms with Gasteiger partial charge in [0.1, 0.15) is 5.75 Å². The highest BCUT2D eigenvalue weighted by Gasteiger charge is 2.19. The molecule has 1 aromatic rings. The van der Waals surface area contributed by atoms with Gasteiger partial charge < -0.3 is 10.4 Å². The van der Waals surface area contributed by atoms with E-state index in [1.165, 1.54) is 6.07 Å². The molecule has 88 valence electrons. The maximum absolute atomic E-state index is 11.8. The molecular weight excluding hydrogens is 270 g/mol. The summed E-state index contributed by atoms with van der Waals surface area (Å²) in [7, 11) is 0. The number of phenolic OH excluding ortho intramolecular Hbond substituents is 1. The van der Waals surface area contributed by atoms with Gasteiger partial charge in [-0.3, -0.25) is 4.79 Å². The van der Waals surface area contributed by atoms with Crippen LogP contribution in [-0.4, -0.2) is 16.6 Å². The average molecular weight is 286 g/mol. The predicted octanol–water partition coefficient (Wildman–Crippen LogP) is 3.07. The fourth-order valence-electron chi connectivity index (χ4n) is 1.12. The molecule has 0 saturated carbocycles. The monoisotopic (exact) mass is 285 g/mol. The van der Waals surface area contributed by atoms with E-state index in [1.807, 2.05) is 20.8 Å². The van der Waals surface area contributed by atoms with Crippen molar-refractivity contribution in [1.29, 1.82) is 0 Å². The van der Waals surface area contributed by atoms with Crippen LogP contribution in [0.3, 0.4) is 0 Å². The van der Waals surface area contributed by atoms with Gasteiger partial charge >= 0.3 is 0 Å². The third kappa shape index (κ3) is 3.23. The summed E-state index contributed by atoms with van der Waals surface area (Å²) < 4.78 is 0.582. The van der Waals surface area contributed by atoms with Crippen LogP contribution in [0.1, 0.15) is 37.6 Å². The second kappa shape index (κ2) is 4.87. The number of phenols is 1. The summed E-state index contributed by atoms with van der Waals surface area (Å²) in [5.74, 6) is -0.100. The zero-order chi connectivity index (χ0) is 12.3. The molecule has 0 atom stereocenters. The van der Waals surface area contributed by atoms with Gasteiger partial charge in [0.15, 0.2) is 0 Å². The van der Waals surface area contributed by atoms with Crippen LogP contribution < -0.4 is 5.32 Å². The number of aromatic hydroxyl groups is 1. The third-order valence-corrected chi connectivity index (χ3v) is 3.21. The molecule has 1 rings (SSSR count). The Kier molecular flexibility index (Phi) is 3.97. The Bertz CT molecular complexity index is 402. The molecule has 4 heteroatoms. The van der Waals surface area contributed by atoms with Crippen LogP contribution in [0.4, 0.5) is 0 Å². The van der Waals surface area contributed by atoms with Crippen molar-refractivity contribution in [2.75, 3.05) is 0 Å². The number of carbonyl (C=O) groups is 1. The SMILES string of the molecule is CCC(C)(C)NC(=O)c1ccc(Br)c(O)c1. The first kappa shape index (κ1) is 13.0. The van der Waals surface area contributed by atoms with E-state index in [0.29, 0.717) is 10.0 Å². The zero-order valence-electron chi connectivity index (χ0n) is 9.67. The minimum Gasteiger partial charge on any atom is -0.507 e. The molecule has 0 aliphatic carbocycles. The lowest BCUT2D eigenvalue weighted by molar-refractivity contribution is 0.0911. The lowest BCUT2D eigenvalue weighted by Crippen LogP contribution is -2.42. The van der Waals surface area contributed by atoms with Gasteiger partial charge in [-0.15, -0.1) is 0 Å².